The highest BCUT2D eigenvalue weighted by molar-refractivity contribution is 6.34. The van der Waals surface area contributed by atoms with Gasteiger partial charge < -0.3 is 15.5 Å². The second kappa shape index (κ2) is 8.39. The molecule has 2 amide bonds. The highest BCUT2D eigenvalue weighted by Crippen LogP contribution is 2.33. The van der Waals surface area contributed by atoms with Crippen LogP contribution in [0.5, 0.6) is 0 Å². The molecule has 0 aromatic heterocycles. The summed E-state index contributed by atoms with van der Waals surface area (Å²) in [4.78, 5) is 25.9. The van der Waals surface area contributed by atoms with Gasteiger partial charge in [-0.05, 0) is 49.8 Å². The monoisotopic (exact) mass is 385 g/mol. The SMILES string of the molecule is CN(C)C(=O)c1cc(NC(=O)CC2CC3CCC(C2)N3)ccc1Cl.Cl. The molecule has 2 aliphatic heterocycles. The molecule has 2 atom stereocenters. The molecule has 138 valence electrons. The summed E-state index contributed by atoms with van der Waals surface area (Å²) < 4.78 is 0. The van der Waals surface area contributed by atoms with Gasteiger partial charge in [-0.15, -0.1) is 12.4 Å². The van der Waals surface area contributed by atoms with Crippen LogP contribution < -0.4 is 10.6 Å². The van der Waals surface area contributed by atoms with Gasteiger partial charge in [-0.1, -0.05) is 11.6 Å². The van der Waals surface area contributed by atoms with Crippen molar-refractivity contribution in [3.63, 3.8) is 0 Å². The van der Waals surface area contributed by atoms with Gasteiger partial charge in [0.15, 0.2) is 0 Å². The van der Waals surface area contributed by atoms with Gasteiger partial charge in [0.25, 0.3) is 5.91 Å². The third-order valence-electron chi connectivity index (χ3n) is 4.93. The Morgan fingerprint density at radius 1 is 1.24 bits per heavy atom. The zero-order valence-corrected chi connectivity index (χ0v) is 16.1. The first-order valence-corrected chi connectivity index (χ1v) is 8.87. The molecule has 2 bridgehead atoms. The molecule has 2 N–H and O–H groups in total. The maximum absolute atomic E-state index is 12.4. The Balaban J connectivity index is 0.00000225. The zero-order valence-electron chi connectivity index (χ0n) is 14.5. The van der Waals surface area contributed by atoms with Crippen LogP contribution >= 0.6 is 24.0 Å². The molecule has 3 rings (SSSR count). The van der Waals surface area contributed by atoms with Gasteiger partial charge in [-0.3, -0.25) is 9.59 Å². The third-order valence-corrected chi connectivity index (χ3v) is 5.26. The van der Waals surface area contributed by atoms with Crippen LogP contribution in [0.4, 0.5) is 5.69 Å². The van der Waals surface area contributed by atoms with Crippen molar-refractivity contribution in [2.24, 2.45) is 5.92 Å². The van der Waals surface area contributed by atoms with Gasteiger partial charge in [0.1, 0.15) is 0 Å². The number of hydrogen-bond acceptors (Lipinski definition) is 3. The highest BCUT2D eigenvalue weighted by Gasteiger charge is 2.34. The number of halogens is 2. The standard InChI is InChI=1S/C18H24ClN3O2.ClH/c1-22(2)18(24)15-10-14(5-6-16(15)19)21-17(23)9-11-7-12-3-4-13(8-11)20-12;/h5-6,10-13,20H,3-4,7-9H2,1-2H3,(H,21,23);1H. The van der Waals surface area contributed by atoms with Crippen LogP contribution in [0.2, 0.25) is 5.02 Å². The summed E-state index contributed by atoms with van der Waals surface area (Å²) in [5, 5.41) is 6.89. The maximum Gasteiger partial charge on any atom is 0.254 e. The van der Waals surface area contributed by atoms with E-state index in [1.54, 1.807) is 32.3 Å². The number of benzene rings is 1. The number of amides is 2. The lowest BCUT2D eigenvalue weighted by atomic mass is 9.89. The molecular weight excluding hydrogens is 361 g/mol. The highest BCUT2D eigenvalue weighted by atomic mass is 35.5. The molecule has 2 saturated heterocycles. The first kappa shape index (κ1) is 20.0. The average Bonchev–Trinajstić information content (AvgIpc) is 2.87. The first-order valence-electron chi connectivity index (χ1n) is 8.49. The minimum absolute atomic E-state index is 0. The Hall–Kier alpha value is -1.30. The number of carbonyl (C=O) groups excluding carboxylic acids is 2. The second-order valence-corrected chi connectivity index (χ2v) is 7.53. The molecule has 5 nitrogen and oxygen atoms in total. The van der Waals surface area contributed by atoms with Crippen LogP contribution in [0.15, 0.2) is 18.2 Å². The predicted octanol–water partition coefficient (Wildman–Crippen LogP) is 3.32. The van der Waals surface area contributed by atoms with Crippen molar-refractivity contribution < 1.29 is 9.59 Å². The van der Waals surface area contributed by atoms with E-state index in [4.69, 9.17) is 11.6 Å². The molecule has 0 aliphatic carbocycles. The molecule has 2 unspecified atom stereocenters. The molecule has 0 radical (unpaired) electrons. The second-order valence-electron chi connectivity index (χ2n) is 7.12. The normalized spacial score (nSPS) is 24.4. The lowest BCUT2D eigenvalue weighted by Gasteiger charge is -2.28. The molecule has 2 aliphatic rings. The Kier molecular flexibility index (Phi) is 6.72. The molecule has 25 heavy (non-hydrogen) atoms. The number of nitrogens with one attached hydrogen (secondary N) is 2. The minimum Gasteiger partial charge on any atom is -0.345 e. The Bertz CT molecular complexity index is 639. The number of nitrogens with zero attached hydrogens (tertiary/aromatic N) is 1. The number of carbonyl (C=O) groups is 2. The molecule has 7 heteroatoms. The van der Waals surface area contributed by atoms with Gasteiger partial charge in [0, 0.05) is 38.3 Å². The first-order chi connectivity index (χ1) is 11.4. The zero-order chi connectivity index (χ0) is 17.3. The van der Waals surface area contributed by atoms with Crippen molar-refractivity contribution in [3.8, 4) is 0 Å². The molecule has 1 aromatic carbocycles. The van der Waals surface area contributed by atoms with E-state index in [1.807, 2.05) is 0 Å². The van der Waals surface area contributed by atoms with E-state index in [2.05, 4.69) is 10.6 Å². The summed E-state index contributed by atoms with van der Waals surface area (Å²) in [6.45, 7) is 0. The lowest BCUT2D eigenvalue weighted by Crippen LogP contribution is -2.39. The molecular formula is C18H25Cl2N3O2. The quantitative estimate of drug-likeness (QED) is 0.835. The number of piperidine rings is 1. The Morgan fingerprint density at radius 3 is 2.48 bits per heavy atom. The van der Waals surface area contributed by atoms with Gasteiger partial charge in [0.05, 0.1) is 10.6 Å². The van der Waals surface area contributed by atoms with E-state index >= 15 is 0 Å². The number of hydrogen-bond donors (Lipinski definition) is 2. The summed E-state index contributed by atoms with van der Waals surface area (Å²) in [6.07, 6.45) is 5.16. The lowest BCUT2D eigenvalue weighted by molar-refractivity contribution is -0.117. The van der Waals surface area contributed by atoms with Gasteiger partial charge >= 0.3 is 0 Å². The van der Waals surface area contributed by atoms with E-state index in [0.717, 1.165) is 12.8 Å². The molecule has 0 spiro atoms. The van der Waals surface area contributed by atoms with Crippen LogP contribution in [0.3, 0.4) is 0 Å². The molecule has 2 fully saturated rings. The van der Waals surface area contributed by atoms with Crippen molar-refractivity contribution in [1.29, 1.82) is 0 Å². The van der Waals surface area contributed by atoms with Crippen molar-refractivity contribution in [2.45, 2.75) is 44.2 Å². The van der Waals surface area contributed by atoms with E-state index < -0.39 is 0 Å². The summed E-state index contributed by atoms with van der Waals surface area (Å²) >= 11 is 6.10. The molecule has 1 aromatic rings. The van der Waals surface area contributed by atoms with Crippen molar-refractivity contribution in [2.75, 3.05) is 19.4 Å². The van der Waals surface area contributed by atoms with Crippen molar-refractivity contribution in [1.82, 2.24) is 10.2 Å². The largest absolute Gasteiger partial charge is 0.345 e. The minimum atomic E-state index is -0.175. The summed E-state index contributed by atoms with van der Waals surface area (Å²) in [5.74, 6) is 0.275. The Labute approximate surface area is 159 Å². The predicted molar refractivity (Wildman–Crippen MR) is 103 cm³/mol. The summed E-state index contributed by atoms with van der Waals surface area (Å²) in [7, 11) is 3.35. The summed E-state index contributed by atoms with van der Waals surface area (Å²) in [6, 6.07) is 6.20. The van der Waals surface area contributed by atoms with Gasteiger partial charge in [-0.25, -0.2) is 0 Å². The Morgan fingerprint density at radius 2 is 1.88 bits per heavy atom. The fourth-order valence-corrected chi connectivity index (χ4v) is 4.02. The average molecular weight is 386 g/mol. The van der Waals surface area contributed by atoms with Crippen LogP contribution in [0, 0.1) is 5.92 Å². The van der Waals surface area contributed by atoms with E-state index in [1.165, 1.54) is 17.7 Å². The maximum atomic E-state index is 12.4. The fourth-order valence-electron chi connectivity index (χ4n) is 3.82. The summed E-state index contributed by atoms with van der Waals surface area (Å²) in [5.41, 5.74) is 1.02. The van der Waals surface area contributed by atoms with Crippen LogP contribution in [0.1, 0.15) is 42.5 Å². The van der Waals surface area contributed by atoms with Crippen LogP contribution in [0.25, 0.3) is 0 Å². The van der Waals surface area contributed by atoms with Crippen LogP contribution in [-0.4, -0.2) is 42.9 Å². The van der Waals surface area contributed by atoms with E-state index in [9.17, 15) is 9.59 Å². The van der Waals surface area contributed by atoms with Gasteiger partial charge in [-0.2, -0.15) is 0 Å². The number of fused-ring (bicyclic) bond motifs is 2. The third kappa shape index (κ3) is 4.87. The topological polar surface area (TPSA) is 61.4 Å². The fraction of sp³-hybridized carbons (Fsp3) is 0.556. The molecule has 0 saturated carbocycles. The van der Waals surface area contributed by atoms with Crippen LogP contribution in [-0.2, 0) is 4.79 Å². The molecule has 2 heterocycles. The van der Waals surface area contributed by atoms with Crippen molar-refractivity contribution >= 4 is 41.5 Å². The van der Waals surface area contributed by atoms with Crippen molar-refractivity contribution in [3.05, 3.63) is 28.8 Å². The number of rotatable bonds is 4. The van der Waals surface area contributed by atoms with E-state index in [0.29, 0.717) is 40.7 Å². The van der Waals surface area contributed by atoms with Gasteiger partial charge in [0.2, 0.25) is 5.91 Å². The van der Waals surface area contributed by atoms with E-state index in [-0.39, 0.29) is 24.2 Å². The number of anilines is 1. The smallest absolute Gasteiger partial charge is 0.254 e.